The fourth-order valence-corrected chi connectivity index (χ4v) is 20.6. The Morgan fingerprint density at radius 3 is 1.14 bits per heavy atom. The lowest BCUT2D eigenvalue weighted by molar-refractivity contribution is -0.149. The Labute approximate surface area is 931 Å². The molecule has 0 radical (unpaired) electrons. The number of methoxy groups -OCH3 is 2. The Bertz CT molecular complexity index is 6220. The highest BCUT2D eigenvalue weighted by molar-refractivity contribution is 9.11. The number of aliphatic hydroxyl groups excluding tert-OH is 1. The molecule has 1 amide bonds. The number of rotatable bonds is 13. The first kappa shape index (κ1) is 124. The van der Waals surface area contributed by atoms with Crippen LogP contribution in [0.3, 0.4) is 0 Å². The molecule has 13 aromatic rings. The van der Waals surface area contributed by atoms with E-state index in [0.717, 1.165) is 153 Å². The predicted molar refractivity (Wildman–Crippen MR) is 607 cm³/mol. The minimum Gasteiger partial charge on any atom is -0.469 e. The van der Waals surface area contributed by atoms with Gasteiger partial charge in [-0.2, -0.15) is 0 Å². The maximum absolute atomic E-state index is 12.6. The molecular formula is C106H120BBr3Cl12N12O10. The van der Waals surface area contributed by atoms with E-state index in [2.05, 4.69) is 148 Å². The number of piperidine rings is 1. The summed E-state index contributed by atoms with van der Waals surface area (Å²) in [4.78, 5) is 92.7. The van der Waals surface area contributed by atoms with Crippen molar-refractivity contribution in [3.63, 3.8) is 0 Å². The number of nitrogens with zero attached hydrogens (tertiary/aromatic N) is 12. The van der Waals surface area contributed by atoms with Crippen molar-refractivity contribution in [1.82, 2.24) is 59.6 Å². The summed E-state index contributed by atoms with van der Waals surface area (Å²) >= 11 is 70.4. The van der Waals surface area contributed by atoms with E-state index in [4.69, 9.17) is 145 Å². The zero-order valence-electron chi connectivity index (χ0n) is 81.6. The number of hydrogen-bond acceptors (Lipinski definition) is 21. The summed E-state index contributed by atoms with van der Waals surface area (Å²) in [7, 11) is 2.35. The molecule has 38 heteroatoms. The van der Waals surface area contributed by atoms with Crippen LogP contribution in [0.4, 0.5) is 4.79 Å². The number of aromatic nitrogens is 10. The fourth-order valence-electron chi connectivity index (χ4n) is 17.6. The normalized spacial score (nSPS) is 14.6. The Morgan fingerprint density at radius 2 is 0.785 bits per heavy atom. The van der Waals surface area contributed by atoms with Crippen LogP contribution in [0.5, 0.6) is 0 Å². The number of amides is 1. The third kappa shape index (κ3) is 35.5. The summed E-state index contributed by atoms with van der Waals surface area (Å²) in [5.41, 5.74) is 11.5. The molecule has 0 spiro atoms. The van der Waals surface area contributed by atoms with E-state index in [1.807, 2.05) is 93.6 Å². The molecule has 5 fully saturated rings. The molecule has 4 aliphatic carbocycles. The quantitative estimate of drug-likeness (QED) is 0.0241. The summed E-state index contributed by atoms with van der Waals surface area (Å²) in [5, 5.41) is 34.3. The molecule has 772 valence electrons. The van der Waals surface area contributed by atoms with Gasteiger partial charge in [0.15, 0.2) is 0 Å². The van der Waals surface area contributed by atoms with E-state index < -0.39 is 23.4 Å². The van der Waals surface area contributed by atoms with Gasteiger partial charge in [-0.25, -0.2) is 54.6 Å². The SMILES string of the molecule is C=CC(=O)Cl.CCN(CC)CC.CO.COC(=O)C1(c2ncnc3cc(Cl)c(Br)cc23)CCCCC1.COC(=O)C1CCN(C(=O)OC(C)(C)C)CC1.Cl.Cl.Clc1cc2ncnc(C3CCCCC3)c2cc1Br.Clc1cc2ncnc(Cl)c2cc1Br.Clc1ccccc1-c1cc2c(C3CCCCC3)ncnc2cc1Cl.Clc1ccccc1-c1cc2c(C3CCCCC3)ncnc2cc1Cl.OB(O)c1ccccc1Cl. The van der Waals surface area contributed by atoms with Gasteiger partial charge in [-0.15, -0.1) is 24.8 Å². The van der Waals surface area contributed by atoms with Crippen molar-refractivity contribution >= 4 is 279 Å². The molecule has 3 N–H and O–H groups in total. The number of hydrogen-bond donors (Lipinski definition) is 3. The third-order valence-corrected chi connectivity index (χ3v) is 30.6. The Balaban J connectivity index is 0.000000225. The lowest BCUT2D eigenvalue weighted by Gasteiger charge is -2.34. The number of aliphatic hydroxyl groups is 1. The smallest absolute Gasteiger partial charge is 0.469 e. The number of benzene rings is 8. The third-order valence-electron chi connectivity index (χ3n) is 24.9. The molecule has 22 nitrogen and oxygen atoms in total. The van der Waals surface area contributed by atoms with Gasteiger partial charge < -0.3 is 39.2 Å². The molecule has 4 saturated carbocycles. The second-order valence-electron chi connectivity index (χ2n) is 35.1. The molecule has 8 aromatic carbocycles. The van der Waals surface area contributed by atoms with E-state index in [1.165, 1.54) is 149 Å². The first-order valence-corrected chi connectivity index (χ1v) is 53.4. The van der Waals surface area contributed by atoms with Crippen LogP contribution in [0.25, 0.3) is 76.8 Å². The second kappa shape index (κ2) is 62.5. The van der Waals surface area contributed by atoms with E-state index in [1.54, 1.807) is 66.3 Å². The predicted octanol–water partition coefficient (Wildman–Crippen LogP) is 31.1. The van der Waals surface area contributed by atoms with E-state index >= 15 is 0 Å². The number of allylic oxidation sites excluding steroid dienone is 1. The minimum absolute atomic E-state index is 0. The standard InChI is InChI=1S/2C20H18Cl2N2.C16H16BrClN2O2.C14H14BrClN2.C12H21NO4.C8H3BrCl2N2.C6H6BClO2.C6H15N.C3H3ClO.CH4O.2ClH/c2*21-17-9-5-4-8-14(17)15-10-16-19(11-18(15)22)23-12-24-20(16)13-6-2-1-3-7-13;1-22-15(21)16(5-3-2-4-6-16)14-10-7-11(17)12(18)8-13(10)19-9-20-14;15-11-6-10-13(7-12(11)16)17-8-18-14(10)9-4-2-1-3-5-9;1-12(2,3)17-11(15)13-7-5-9(6-8-13)10(14)16-4;9-5-1-4-7(2-6(5)10)12-3-13-8(4)11;8-6-4-2-1-3-5(6)7(9)10;1-4-7(5-2)6-3;1-2-3(4)5;1-2;;/h2*4-5,8-13H,1-3,6-7H2;7-9H,2-6H2,1H3;6-9H,1-5H2;9H,5-8H2,1-4H3;1-3H;1-4,9-10H;4-6H2,1-3H3;2H,1H2;2H,1H3;2*1H. The van der Waals surface area contributed by atoms with Gasteiger partial charge in [0, 0.05) is 121 Å². The highest BCUT2D eigenvalue weighted by Crippen LogP contribution is 2.47. The van der Waals surface area contributed by atoms with Crippen molar-refractivity contribution in [2.45, 2.75) is 212 Å². The lowest BCUT2D eigenvalue weighted by Crippen LogP contribution is -2.43. The molecule has 0 unspecified atom stereocenters. The van der Waals surface area contributed by atoms with E-state index in [9.17, 15) is 19.2 Å². The second-order valence-corrected chi connectivity index (χ2v) is 41.7. The van der Waals surface area contributed by atoms with Gasteiger partial charge in [0.2, 0.25) is 5.24 Å². The van der Waals surface area contributed by atoms with Crippen molar-refractivity contribution in [1.29, 1.82) is 0 Å². The van der Waals surface area contributed by atoms with Crippen molar-refractivity contribution in [2.75, 3.05) is 54.1 Å². The summed E-state index contributed by atoms with van der Waals surface area (Å²) in [6.45, 7) is 19.8. The van der Waals surface area contributed by atoms with Gasteiger partial charge in [-0.3, -0.25) is 14.4 Å². The highest BCUT2D eigenvalue weighted by atomic mass is 79.9. The molecule has 5 aliphatic rings. The number of ether oxygens (including phenoxy) is 3. The first-order chi connectivity index (χ1) is 68.2. The van der Waals surface area contributed by atoms with Crippen molar-refractivity contribution < 1.29 is 48.5 Å². The summed E-state index contributed by atoms with van der Waals surface area (Å²) < 4.78 is 17.6. The van der Waals surface area contributed by atoms with Crippen LogP contribution < -0.4 is 5.46 Å². The Morgan fingerprint density at radius 1 is 0.444 bits per heavy atom. The maximum Gasteiger partial charge on any atom is 0.489 e. The largest absolute Gasteiger partial charge is 0.489 e. The average molecular weight is 2400 g/mol. The fraction of sp³-hybridized carbons (Fsp3) is 0.396. The topological polar surface area (TPSA) is 292 Å². The number of carbonyl (C=O) groups is 4. The zero-order chi connectivity index (χ0) is 103. The van der Waals surface area contributed by atoms with Crippen LogP contribution in [-0.2, 0) is 34.0 Å². The van der Waals surface area contributed by atoms with Crippen LogP contribution in [0, 0.1) is 5.92 Å². The van der Waals surface area contributed by atoms with Crippen LogP contribution in [-0.4, -0.2) is 165 Å². The molecule has 144 heavy (non-hydrogen) atoms. The summed E-state index contributed by atoms with van der Waals surface area (Å²) in [6, 6.07) is 41.5. The van der Waals surface area contributed by atoms with Gasteiger partial charge in [-0.1, -0.05) is 263 Å². The van der Waals surface area contributed by atoms with Crippen LogP contribution in [0.1, 0.15) is 223 Å². The lowest BCUT2D eigenvalue weighted by atomic mass is 9.70. The van der Waals surface area contributed by atoms with Crippen LogP contribution in [0.15, 0.2) is 191 Å². The summed E-state index contributed by atoms with van der Waals surface area (Å²) in [6.07, 6.45) is 33.6. The Hall–Kier alpha value is -7.10. The van der Waals surface area contributed by atoms with Crippen molar-refractivity contribution in [3.8, 4) is 22.3 Å². The maximum atomic E-state index is 12.6. The number of carbonyl (C=O) groups excluding carboxylic acids is 4. The number of likely N-dealkylation sites (tertiary alicyclic amines) is 1. The number of esters is 2. The van der Waals surface area contributed by atoms with Crippen molar-refractivity contribution in [3.05, 3.63) is 259 Å². The summed E-state index contributed by atoms with van der Waals surface area (Å²) in [5.74, 6) is 1.14. The van der Waals surface area contributed by atoms with E-state index in [0.29, 0.717) is 94.5 Å². The van der Waals surface area contributed by atoms with Gasteiger partial charge in [0.1, 0.15) is 47.8 Å². The van der Waals surface area contributed by atoms with Crippen molar-refractivity contribution in [2.24, 2.45) is 5.92 Å². The average Bonchev–Trinajstić information content (AvgIpc) is 0.751. The van der Waals surface area contributed by atoms with Gasteiger partial charge in [0.05, 0.1) is 95.6 Å². The van der Waals surface area contributed by atoms with Crippen LogP contribution >= 0.6 is 189 Å². The monoisotopic (exact) mass is 2390 g/mol. The molecule has 6 heterocycles. The molecule has 18 rings (SSSR count). The first-order valence-electron chi connectivity index (χ1n) is 47.2. The van der Waals surface area contributed by atoms with E-state index in [-0.39, 0.29) is 48.8 Å². The number of fused-ring (bicyclic) bond motifs is 5. The van der Waals surface area contributed by atoms with Gasteiger partial charge in [-0.05, 0) is 249 Å². The Kier molecular flexibility index (Phi) is 53.8. The van der Waals surface area contributed by atoms with Gasteiger partial charge >= 0.3 is 25.2 Å². The highest BCUT2D eigenvalue weighted by Gasteiger charge is 2.45. The van der Waals surface area contributed by atoms with Crippen LogP contribution in [0.2, 0.25) is 45.3 Å². The molecule has 1 saturated heterocycles. The van der Waals surface area contributed by atoms with Gasteiger partial charge in [0.25, 0.3) is 0 Å². The number of halogens is 15. The molecule has 5 aromatic heterocycles. The molecular weight excluding hydrogens is 2280 g/mol. The molecule has 0 bridgehead atoms. The molecule has 0 atom stereocenters. The zero-order valence-corrected chi connectivity index (χ0v) is 95.6. The molecule has 1 aliphatic heterocycles. The minimum atomic E-state index is -1.48.